The molecule has 0 spiro atoms. The van der Waals surface area contributed by atoms with Gasteiger partial charge in [-0.15, -0.1) is 0 Å². The highest BCUT2D eigenvalue weighted by molar-refractivity contribution is 4.86. The normalized spacial score (nSPS) is 35.0. The lowest BCUT2D eigenvalue weighted by Gasteiger charge is -2.15. The van der Waals surface area contributed by atoms with Crippen LogP contribution in [0, 0.1) is 11.8 Å². The van der Waals surface area contributed by atoms with Crippen molar-refractivity contribution >= 4 is 0 Å². The summed E-state index contributed by atoms with van der Waals surface area (Å²) in [6, 6.07) is 0. The van der Waals surface area contributed by atoms with E-state index < -0.39 is 0 Å². The second-order valence-corrected chi connectivity index (χ2v) is 3.73. The molecule has 58 valence electrons. The van der Waals surface area contributed by atoms with Crippen molar-refractivity contribution in [2.75, 3.05) is 0 Å². The monoisotopic (exact) mass is 138 g/mol. The summed E-state index contributed by atoms with van der Waals surface area (Å²) in [6.07, 6.45) is 10.1. The molecule has 0 aromatic carbocycles. The number of hydrogen-bond acceptors (Lipinski definition) is 0. The van der Waals surface area contributed by atoms with E-state index >= 15 is 0 Å². The van der Waals surface area contributed by atoms with Gasteiger partial charge in [-0.1, -0.05) is 38.8 Å². The van der Waals surface area contributed by atoms with Crippen LogP contribution >= 0.6 is 0 Å². The number of hydrogen-bond donors (Lipinski definition) is 0. The van der Waals surface area contributed by atoms with Crippen molar-refractivity contribution in [3.63, 3.8) is 0 Å². The maximum atomic E-state index is 2.35. The Labute approximate surface area is 64.3 Å². The van der Waals surface area contributed by atoms with E-state index in [1.54, 1.807) is 0 Å². The van der Waals surface area contributed by atoms with Crippen LogP contribution in [0.3, 0.4) is 0 Å². The Bertz CT molecular complexity index is 99.2. The van der Waals surface area contributed by atoms with Gasteiger partial charge < -0.3 is 0 Å². The summed E-state index contributed by atoms with van der Waals surface area (Å²) >= 11 is 0. The molecule has 10 heavy (non-hydrogen) atoms. The van der Waals surface area contributed by atoms with Crippen molar-refractivity contribution in [1.29, 1.82) is 0 Å². The maximum absolute atomic E-state index is 2.35. The molecule has 0 radical (unpaired) electrons. The molecule has 2 atom stereocenters. The quantitative estimate of drug-likeness (QED) is 0.450. The summed E-state index contributed by atoms with van der Waals surface area (Å²) < 4.78 is 0. The molecule has 1 aliphatic carbocycles. The fraction of sp³-hybridized carbons (Fsp3) is 0.800. The van der Waals surface area contributed by atoms with E-state index in [1.165, 1.54) is 25.7 Å². The Kier molecular flexibility index (Phi) is 2.98. The van der Waals surface area contributed by atoms with Gasteiger partial charge in [-0.3, -0.25) is 0 Å². The highest BCUT2D eigenvalue weighted by Gasteiger charge is 2.06. The third kappa shape index (κ3) is 2.55. The summed E-state index contributed by atoms with van der Waals surface area (Å²) in [7, 11) is 0. The van der Waals surface area contributed by atoms with E-state index in [4.69, 9.17) is 0 Å². The molecule has 0 saturated carbocycles. The average molecular weight is 138 g/mol. The molecule has 1 rings (SSSR count). The highest BCUT2D eigenvalue weighted by atomic mass is 14.1. The summed E-state index contributed by atoms with van der Waals surface area (Å²) in [5.41, 5.74) is 0. The van der Waals surface area contributed by atoms with E-state index in [0.29, 0.717) is 0 Å². The largest absolute Gasteiger partial charge is 0.0883 e. The molecule has 0 amide bonds. The Morgan fingerprint density at radius 2 is 1.30 bits per heavy atom. The van der Waals surface area contributed by atoms with E-state index in [-0.39, 0.29) is 0 Å². The summed E-state index contributed by atoms with van der Waals surface area (Å²) in [5, 5.41) is 0. The zero-order valence-electron chi connectivity index (χ0n) is 7.14. The van der Waals surface area contributed by atoms with Gasteiger partial charge in [0.05, 0.1) is 0 Å². The molecule has 2 unspecified atom stereocenters. The molecule has 0 heteroatoms. The molecule has 0 aliphatic heterocycles. The fourth-order valence-corrected chi connectivity index (χ4v) is 1.46. The minimum atomic E-state index is 0.916. The van der Waals surface area contributed by atoms with Crippen LogP contribution in [0.5, 0.6) is 0 Å². The summed E-state index contributed by atoms with van der Waals surface area (Å²) in [6.45, 7) is 4.70. The van der Waals surface area contributed by atoms with Gasteiger partial charge in [0.1, 0.15) is 0 Å². The van der Waals surface area contributed by atoms with Crippen LogP contribution in [0.2, 0.25) is 0 Å². The first-order chi connectivity index (χ1) is 4.79. The molecule has 1 aliphatic rings. The van der Waals surface area contributed by atoms with E-state index in [0.717, 1.165) is 11.8 Å². The maximum Gasteiger partial charge on any atom is -0.0325 e. The zero-order valence-corrected chi connectivity index (χ0v) is 7.14. The van der Waals surface area contributed by atoms with Gasteiger partial charge in [-0.2, -0.15) is 0 Å². The minimum Gasteiger partial charge on any atom is -0.0883 e. The SMILES string of the molecule is CC1CC=CCC(C)CC1. The standard InChI is InChI=1S/C10H18/c1-9-5-3-4-6-10(2)8-7-9/h3-4,9-10H,5-8H2,1-2H3. The van der Waals surface area contributed by atoms with Gasteiger partial charge in [-0.25, -0.2) is 0 Å². The van der Waals surface area contributed by atoms with E-state index in [2.05, 4.69) is 26.0 Å². The molecule has 0 heterocycles. The van der Waals surface area contributed by atoms with Crippen molar-refractivity contribution in [1.82, 2.24) is 0 Å². The predicted octanol–water partition coefficient (Wildman–Crippen LogP) is 3.39. The fourth-order valence-electron chi connectivity index (χ4n) is 1.46. The Hall–Kier alpha value is -0.260. The first-order valence-corrected chi connectivity index (χ1v) is 4.44. The smallest absolute Gasteiger partial charge is 0.0325 e. The second-order valence-electron chi connectivity index (χ2n) is 3.73. The van der Waals surface area contributed by atoms with Crippen LogP contribution in [-0.4, -0.2) is 0 Å². The molecule has 0 fully saturated rings. The Balaban J connectivity index is 2.37. The predicted molar refractivity (Wildman–Crippen MR) is 45.9 cm³/mol. The van der Waals surface area contributed by atoms with Crippen LogP contribution in [0.1, 0.15) is 39.5 Å². The molecule has 0 N–H and O–H groups in total. The van der Waals surface area contributed by atoms with E-state index in [9.17, 15) is 0 Å². The highest BCUT2D eigenvalue weighted by Crippen LogP contribution is 2.21. The molecule has 0 nitrogen and oxygen atoms in total. The van der Waals surface area contributed by atoms with Crippen LogP contribution < -0.4 is 0 Å². The molecule has 0 aromatic rings. The van der Waals surface area contributed by atoms with Crippen molar-refractivity contribution < 1.29 is 0 Å². The van der Waals surface area contributed by atoms with Crippen LogP contribution in [0.15, 0.2) is 12.2 Å². The second kappa shape index (κ2) is 3.80. The summed E-state index contributed by atoms with van der Waals surface area (Å²) in [4.78, 5) is 0. The van der Waals surface area contributed by atoms with Gasteiger partial charge in [0.15, 0.2) is 0 Å². The first-order valence-electron chi connectivity index (χ1n) is 4.44. The van der Waals surface area contributed by atoms with Gasteiger partial charge in [0.25, 0.3) is 0 Å². The third-order valence-corrected chi connectivity index (χ3v) is 2.40. The van der Waals surface area contributed by atoms with Crippen molar-refractivity contribution in [2.45, 2.75) is 39.5 Å². The van der Waals surface area contributed by atoms with Crippen LogP contribution in [0.25, 0.3) is 0 Å². The minimum absolute atomic E-state index is 0.916. The molecule has 0 saturated heterocycles. The first kappa shape index (κ1) is 7.84. The summed E-state index contributed by atoms with van der Waals surface area (Å²) in [5.74, 6) is 1.83. The van der Waals surface area contributed by atoms with Gasteiger partial charge in [0, 0.05) is 0 Å². The van der Waals surface area contributed by atoms with Gasteiger partial charge >= 0.3 is 0 Å². The number of allylic oxidation sites excluding steroid dienone is 2. The lowest BCUT2D eigenvalue weighted by atomic mass is 9.91. The average Bonchev–Trinajstić information content (AvgIpc) is 1.90. The Morgan fingerprint density at radius 3 is 1.70 bits per heavy atom. The van der Waals surface area contributed by atoms with Gasteiger partial charge in [0.2, 0.25) is 0 Å². The molecule has 0 bridgehead atoms. The third-order valence-electron chi connectivity index (χ3n) is 2.40. The lowest BCUT2D eigenvalue weighted by molar-refractivity contribution is 0.424. The van der Waals surface area contributed by atoms with Crippen molar-refractivity contribution in [2.24, 2.45) is 11.8 Å². The number of rotatable bonds is 0. The topological polar surface area (TPSA) is 0 Å². The molecule has 0 aromatic heterocycles. The van der Waals surface area contributed by atoms with Crippen molar-refractivity contribution in [3.8, 4) is 0 Å². The molecular weight excluding hydrogens is 120 g/mol. The van der Waals surface area contributed by atoms with Crippen LogP contribution in [0.4, 0.5) is 0 Å². The lowest BCUT2D eigenvalue weighted by Crippen LogP contribution is -2.01. The van der Waals surface area contributed by atoms with Gasteiger partial charge in [-0.05, 0) is 24.7 Å². The Morgan fingerprint density at radius 1 is 0.900 bits per heavy atom. The van der Waals surface area contributed by atoms with E-state index in [1.807, 2.05) is 0 Å². The zero-order chi connectivity index (χ0) is 7.40. The van der Waals surface area contributed by atoms with Crippen molar-refractivity contribution in [3.05, 3.63) is 12.2 Å². The van der Waals surface area contributed by atoms with Crippen LogP contribution in [-0.2, 0) is 0 Å². The molecular formula is C10H18.